The maximum absolute atomic E-state index is 11.5. The molecule has 1 aliphatic heterocycles. The number of furan rings is 1. The summed E-state index contributed by atoms with van der Waals surface area (Å²) in [5, 5.41) is 3.92. The number of nitrogens with one attached hydrogen (secondary N) is 1. The monoisotopic (exact) mass is 208 g/mol. The van der Waals surface area contributed by atoms with Crippen molar-refractivity contribution in [3.05, 3.63) is 24.2 Å². The van der Waals surface area contributed by atoms with E-state index < -0.39 is 0 Å². The van der Waals surface area contributed by atoms with E-state index in [-0.39, 0.29) is 11.9 Å². The predicted octanol–water partition coefficient (Wildman–Crippen LogP) is 0.885. The lowest BCUT2D eigenvalue weighted by molar-refractivity contribution is -0.135. The highest BCUT2D eigenvalue weighted by molar-refractivity contribution is 6.39. The Morgan fingerprint density at radius 3 is 3.33 bits per heavy atom. The van der Waals surface area contributed by atoms with Gasteiger partial charge in [0, 0.05) is 6.54 Å². The molecule has 15 heavy (non-hydrogen) atoms. The molecule has 1 N–H and O–H groups in total. The Hall–Kier alpha value is -1.78. The van der Waals surface area contributed by atoms with Crippen LogP contribution in [0.25, 0.3) is 0 Å². The number of carbonyl (C=O) groups excluding carboxylic acids is 1. The number of carbonyl (C=O) groups is 1. The van der Waals surface area contributed by atoms with Gasteiger partial charge in [0.05, 0.1) is 18.8 Å². The van der Waals surface area contributed by atoms with E-state index in [0.29, 0.717) is 18.9 Å². The molecule has 5 heteroatoms. The van der Waals surface area contributed by atoms with Crippen molar-refractivity contribution in [3.8, 4) is 0 Å². The first-order chi connectivity index (χ1) is 7.33. The average Bonchev–Trinajstić information content (AvgIpc) is 2.88. The third kappa shape index (κ3) is 1.86. The number of hydrogen-bond acceptors (Lipinski definition) is 5. The first-order valence-electron chi connectivity index (χ1n) is 4.84. The van der Waals surface area contributed by atoms with Crippen molar-refractivity contribution < 1.29 is 13.9 Å². The molecule has 0 bridgehead atoms. The Morgan fingerprint density at radius 1 is 1.80 bits per heavy atom. The summed E-state index contributed by atoms with van der Waals surface area (Å²) in [5.41, 5.74) is 3.16. The fourth-order valence-electron chi connectivity index (χ4n) is 1.51. The van der Waals surface area contributed by atoms with Crippen molar-refractivity contribution in [3.63, 3.8) is 0 Å². The maximum Gasteiger partial charge on any atom is 0.355 e. The second-order valence-electron chi connectivity index (χ2n) is 3.15. The van der Waals surface area contributed by atoms with Gasteiger partial charge in [-0.3, -0.25) is 0 Å². The van der Waals surface area contributed by atoms with Crippen LogP contribution in [0.4, 0.5) is 0 Å². The molecular weight excluding hydrogens is 196 g/mol. The van der Waals surface area contributed by atoms with Gasteiger partial charge >= 0.3 is 5.97 Å². The fraction of sp³-hybridized carbons (Fsp3) is 0.400. The topological polar surface area (TPSA) is 63.8 Å². The summed E-state index contributed by atoms with van der Waals surface area (Å²) in [6.45, 7) is 2.69. The molecule has 0 radical (unpaired) electrons. The number of rotatable bonds is 3. The molecule has 1 aliphatic rings. The van der Waals surface area contributed by atoms with Crippen molar-refractivity contribution in [1.29, 1.82) is 0 Å². The van der Waals surface area contributed by atoms with Crippen LogP contribution >= 0.6 is 0 Å². The van der Waals surface area contributed by atoms with E-state index in [1.807, 2.05) is 6.07 Å². The zero-order valence-electron chi connectivity index (χ0n) is 8.40. The number of esters is 1. The second kappa shape index (κ2) is 4.16. The third-order valence-electron chi connectivity index (χ3n) is 2.20. The SMILES string of the molecule is CCOC(=O)C1=NNC[C@H]1c1ccco1. The summed E-state index contributed by atoms with van der Waals surface area (Å²) in [7, 11) is 0. The summed E-state index contributed by atoms with van der Waals surface area (Å²) < 4.78 is 10.2. The first-order valence-corrected chi connectivity index (χ1v) is 4.84. The minimum atomic E-state index is -0.385. The van der Waals surface area contributed by atoms with Gasteiger partial charge in [-0.2, -0.15) is 5.10 Å². The van der Waals surface area contributed by atoms with Crippen LogP contribution in [0.5, 0.6) is 0 Å². The van der Waals surface area contributed by atoms with Gasteiger partial charge in [0.1, 0.15) is 5.76 Å². The van der Waals surface area contributed by atoms with E-state index in [1.54, 1.807) is 19.3 Å². The highest BCUT2D eigenvalue weighted by Gasteiger charge is 2.31. The number of hydrazone groups is 1. The standard InChI is InChI=1S/C10H12N2O3/c1-2-14-10(13)9-7(6-11-12-9)8-4-3-5-15-8/h3-5,7,11H,2,6H2,1H3/t7-/m0/s1. The highest BCUT2D eigenvalue weighted by atomic mass is 16.5. The average molecular weight is 208 g/mol. The zero-order chi connectivity index (χ0) is 10.7. The van der Waals surface area contributed by atoms with Crippen LogP contribution in [0.1, 0.15) is 18.6 Å². The van der Waals surface area contributed by atoms with Gasteiger partial charge in [0.15, 0.2) is 5.71 Å². The summed E-state index contributed by atoms with van der Waals surface area (Å²) in [4.78, 5) is 11.5. The van der Waals surface area contributed by atoms with Crippen LogP contribution in [0, 0.1) is 0 Å². The van der Waals surface area contributed by atoms with E-state index in [4.69, 9.17) is 9.15 Å². The van der Waals surface area contributed by atoms with Crippen LogP contribution < -0.4 is 5.43 Å². The van der Waals surface area contributed by atoms with Gasteiger partial charge < -0.3 is 14.6 Å². The highest BCUT2D eigenvalue weighted by Crippen LogP contribution is 2.21. The fourth-order valence-corrected chi connectivity index (χ4v) is 1.51. The third-order valence-corrected chi connectivity index (χ3v) is 2.20. The zero-order valence-corrected chi connectivity index (χ0v) is 8.40. The largest absolute Gasteiger partial charge is 0.469 e. The Labute approximate surface area is 87.1 Å². The summed E-state index contributed by atoms with van der Waals surface area (Å²) in [6.07, 6.45) is 1.58. The number of hydrogen-bond donors (Lipinski definition) is 1. The molecule has 1 aromatic heterocycles. The van der Waals surface area contributed by atoms with E-state index in [1.165, 1.54) is 0 Å². The molecule has 0 saturated carbocycles. The minimum absolute atomic E-state index is 0.140. The molecule has 0 aromatic carbocycles. The molecule has 0 aliphatic carbocycles. The molecule has 5 nitrogen and oxygen atoms in total. The van der Waals surface area contributed by atoms with Crippen molar-refractivity contribution in [2.45, 2.75) is 12.8 Å². The van der Waals surface area contributed by atoms with Gasteiger partial charge in [-0.05, 0) is 19.1 Å². The Morgan fingerprint density at radius 2 is 2.67 bits per heavy atom. The van der Waals surface area contributed by atoms with E-state index in [0.717, 1.165) is 5.76 Å². The molecule has 1 atom stereocenters. The molecule has 0 amide bonds. The molecular formula is C10H12N2O3. The molecule has 2 heterocycles. The number of ether oxygens (including phenoxy) is 1. The van der Waals surface area contributed by atoms with Gasteiger partial charge in [-0.15, -0.1) is 0 Å². The van der Waals surface area contributed by atoms with Crippen LogP contribution in [0.15, 0.2) is 27.9 Å². The van der Waals surface area contributed by atoms with Crippen molar-refractivity contribution >= 4 is 11.7 Å². The lowest BCUT2D eigenvalue weighted by Gasteiger charge is -2.07. The smallest absolute Gasteiger partial charge is 0.355 e. The Balaban J connectivity index is 2.15. The maximum atomic E-state index is 11.5. The van der Waals surface area contributed by atoms with E-state index in [9.17, 15) is 4.79 Å². The van der Waals surface area contributed by atoms with E-state index >= 15 is 0 Å². The van der Waals surface area contributed by atoms with Crippen LogP contribution in [-0.4, -0.2) is 24.8 Å². The van der Waals surface area contributed by atoms with Gasteiger partial charge in [0.25, 0.3) is 0 Å². The van der Waals surface area contributed by atoms with Gasteiger partial charge in [-0.25, -0.2) is 4.79 Å². The summed E-state index contributed by atoms with van der Waals surface area (Å²) >= 11 is 0. The van der Waals surface area contributed by atoms with Crippen molar-refractivity contribution in [2.75, 3.05) is 13.2 Å². The second-order valence-corrected chi connectivity index (χ2v) is 3.15. The Bertz CT molecular complexity index is 370. The molecule has 0 spiro atoms. The first kappa shape index (κ1) is 9.76. The van der Waals surface area contributed by atoms with Gasteiger partial charge in [0.2, 0.25) is 0 Å². The van der Waals surface area contributed by atoms with Crippen molar-refractivity contribution in [1.82, 2.24) is 5.43 Å². The molecule has 2 rings (SSSR count). The normalized spacial score (nSPS) is 19.5. The Kier molecular flexibility index (Phi) is 2.71. The summed E-state index contributed by atoms with van der Waals surface area (Å²) in [5.74, 6) is 0.203. The minimum Gasteiger partial charge on any atom is -0.469 e. The van der Waals surface area contributed by atoms with E-state index in [2.05, 4.69) is 10.5 Å². The lowest BCUT2D eigenvalue weighted by atomic mass is 10.0. The van der Waals surface area contributed by atoms with Crippen molar-refractivity contribution in [2.24, 2.45) is 5.10 Å². The molecule has 1 aromatic rings. The molecule has 0 saturated heterocycles. The summed E-state index contributed by atoms with van der Waals surface area (Å²) in [6, 6.07) is 3.61. The quantitative estimate of drug-likeness (QED) is 0.749. The molecule has 0 unspecified atom stereocenters. The lowest BCUT2D eigenvalue weighted by Crippen LogP contribution is -2.23. The van der Waals surface area contributed by atoms with Crippen LogP contribution in [-0.2, 0) is 9.53 Å². The van der Waals surface area contributed by atoms with Crippen LogP contribution in [0.3, 0.4) is 0 Å². The predicted molar refractivity (Wildman–Crippen MR) is 53.5 cm³/mol. The van der Waals surface area contributed by atoms with Gasteiger partial charge in [-0.1, -0.05) is 0 Å². The molecule has 80 valence electrons. The molecule has 0 fully saturated rings. The van der Waals surface area contributed by atoms with Crippen LogP contribution in [0.2, 0.25) is 0 Å². The number of nitrogens with zero attached hydrogens (tertiary/aromatic N) is 1.